The highest BCUT2D eigenvalue weighted by atomic mass is 35.5. The number of hydrogen-bond acceptors (Lipinski definition) is 0. The number of hydrogen-bond donors (Lipinski definition) is 0. The van der Waals surface area contributed by atoms with Crippen molar-refractivity contribution in [1.29, 1.82) is 0 Å². The van der Waals surface area contributed by atoms with E-state index >= 15 is 0 Å². The zero-order valence-electron chi connectivity index (χ0n) is 7.19. The quantitative estimate of drug-likeness (QED) is 0.534. The first-order chi connectivity index (χ1) is 5.70. The van der Waals surface area contributed by atoms with Crippen molar-refractivity contribution in [2.24, 2.45) is 0 Å². The van der Waals surface area contributed by atoms with E-state index in [9.17, 15) is 0 Å². The minimum absolute atomic E-state index is 0.714. The van der Waals surface area contributed by atoms with Crippen LogP contribution >= 0.6 is 11.6 Å². The van der Waals surface area contributed by atoms with E-state index in [0.717, 1.165) is 11.5 Å². The zero-order chi connectivity index (χ0) is 8.97. The minimum atomic E-state index is 0.714. The molecule has 0 bridgehead atoms. The summed E-state index contributed by atoms with van der Waals surface area (Å²) in [4.78, 5) is 0. The van der Waals surface area contributed by atoms with E-state index in [1.807, 2.05) is 38.1 Å². The van der Waals surface area contributed by atoms with Gasteiger partial charge in [-0.2, -0.15) is 0 Å². The summed E-state index contributed by atoms with van der Waals surface area (Å²) in [5.74, 6) is 7.07. The normalized spacial score (nSPS) is 9.33. The van der Waals surface area contributed by atoms with Crippen molar-refractivity contribution < 1.29 is 0 Å². The van der Waals surface area contributed by atoms with Gasteiger partial charge < -0.3 is 0 Å². The Morgan fingerprint density at radius 2 is 1.92 bits per heavy atom. The van der Waals surface area contributed by atoms with Crippen LogP contribution in [0.3, 0.4) is 0 Å². The maximum Gasteiger partial charge on any atom is 0.0562 e. The van der Waals surface area contributed by atoms with Gasteiger partial charge in [-0.1, -0.05) is 35.6 Å². The van der Waals surface area contributed by atoms with Crippen molar-refractivity contribution in [2.45, 2.75) is 13.8 Å². The molecule has 0 atom stereocenters. The zero-order valence-corrected chi connectivity index (χ0v) is 7.94. The molecule has 0 saturated carbocycles. The van der Waals surface area contributed by atoms with E-state index in [-0.39, 0.29) is 0 Å². The van der Waals surface area contributed by atoms with Crippen LogP contribution in [0.2, 0.25) is 5.02 Å². The molecule has 1 aromatic carbocycles. The summed E-state index contributed by atoms with van der Waals surface area (Å²) < 4.78 is 0. The van der Waals surface area contributed by atoms with Gasteiger partial charge in [-0.25, -0.2) is 0 Å². The molecule has 0 amide bonds. The highest BCUT2D eigenvalue weighted by Gasteiger charge is 1.92. The fourth-order valence-corrected chi connectivity index (χ4v) is 0.938. The Bertz CT molecular complexity index is 315. The maximum absolute atomic E-state index is 5.90. The van der Waals surface area contributed by atoms with E-state index in [1.54, 1.807) is 0 Å². The van der Waals surface area contributed by atoms with Crippen molar-refractivity contribution in [1.82, 2.24) is 0 Å². The largest absolute Gasteiger partial charge is 0.0900 e. The second-order valence-electron chi connectivity index (χ2n) is 2.73. The molecule has 0 unspecified atom stereocenters. The van der Waals surface area contributed by atoms with Crippen LogP contribution in [-0.4, -0.2) is 0 Å². The lowest BCUT2D eigenvalue weighted by molar-refractivity contribution is 1.25. The average Bonchev–Trinajstić information content (AvgIpc) is 2.03. The molecule has 0 spiro atoms. The molecule has 0 fully saturated rings. The van der Waals surface area contributed by atoms with Crippen molar-refractivity contribution in [3.8, 4) is 11.8 Å². The van der Waals surface area contributed by atoms with Crippen molar-refractivity contribution in [2.75, 3.05) is 0 Å². The predicted molar refractivity (Wildman–Crippen MR) is 52.9 cm³/mol. The monoisotopic (exact) mass is 177 g/mol. The van der Waals surface area contributed by atoms with E-state index in [0.29, 0.717) is 5.02 Å². The average molecular weight is 178 g/mol. The van der Waals surface area contributed by atoms with Crippen LogP contribution in [0, 0.1) is 17.8 Å². The molecule has 1 radical (unpaired) electrons. The maximum atomic E-state index is 5.90. The first kappa shape index (κ1) is 9.16. The summed E-state index contributed by atoms with van der Waals surface area (Å²) in [6.07, 6.45) is 0. The molecule has 0 nitrogen and oxygen atoms in total. The summed E-state index contributed by atoms with van der Waals surface area (Å²) in [6.45, 7) is 3.95. The van der Waals surface area contributed by atoms with Gasteiger partial charge in [0.05, 0.1) is 5.02 Å². The SMILES string of the molecule is C[C](C)C#Cc1ccccc1Cl. The second-order valence-corrected chi connectivity index (χ2v) is 3.14. The molecule has 61 valence electrons. The molecule has 1 rings (SSSR count). The third kappa shape index (κ3) is 2.60. The molecule has 0 N–H and O–H groups in total. The van der Waals surface area contributed by atoms with Crippen LogP contribution < -0.4 is 0 Å². The molecule has 0 heterocycles. The number of halogens is 1. The molecule has 0 aliphatic carbocycles. The van der Waals surface area contributed by atoms with Gasteiger partial charge in [-0.05, 0) is 26.0 Å². The Labute approximate surface area is 78.6 Å². The lowest BCUT2D eigenvalue weighted by atomic mass is 10.2. The second kappa shape index (κ2) is 4.18. The van der Waals surface area contributed by atoms with Crippen LogP contribution in [0.15, 0.2) is 24.3 Å². The molecule has 0 aliphatic heterocycles. The van der Waals surface area contributed by atoms with Crippen LogP contribution in [0.5, 0.6) is 0 Å². The Morgan fingerprint density at radius 3 is 2.50 bits per heavy atom. The van der Waals surface area contributed by atoms with Gasteiger partial charge in [0.25, 0.3) is 0 Å². The molecular formula is C11H10Cl. The highest BCUT2D eigenvalue weighted by Crippen LogP contribution is 2.13. The van der Waals surface area contributed by atoms with Crippen LogP contribution in [0.25, 0.3) is 0 Å². The third-order valence-corrected chi connectivity index (χ3v) is 1.65. The standard InChI is InChI=1S/C11H10Cl/c1-9(2)7-8-10-5-3-4-6-11(10)12/h3-6H,1-2H3. The summed E-state index contributed by atoms with van der Waals surface area (Å²) in [6, 6.07) is 7.59. The summed E-state index contributed by atoms with van der Waals surface area (Å²) >= 11 is 5.90. The van der Waals surface area contributed by atoms with E-state index in [1.165, 1.54) is 0 Å². The van der Waals surface area contributed by atoms with Crippen molar-refractivity contribution in [3.05, 3.63) is 40.8 Å². The molecule has 0 saturated heterocycles. The first-order valence-corrected chi connectivity index (χ1v) is 4.14. The predicted octanol–water partition coefficient (Wildman–Crippen LogP) is 3.31. The fraction of sp³-hybridized carbons (Fsp3) is 0.182. The molecule has 1 aromatic rings. The lowest BCUT2D eigenvalue weighted by Crippen LogP contribution is -1.78. The molecule has 12 heavy (non-hydrogen) atoms. The molecule has 0 aliphatic rings. The van der Waals surface area contributed by atoms with Crippen molar-refractivity contribution >= 4 is 11.6 Å². The van der Waals surface area contributed by atoms with E-state index in [2.05, 4.69) is 11.8 Å². The summed E-state index contributed by atoms with van der Waals surface area (Å²) in [7, 11) is 0. The lowest BCUT2D eigenvalue weighted by Gasteiger charge is -1.93. The van der Waals surface area contributed by atoms with E-state index in [4.69, 9.17) is 11.6 Å². The highest BCUT2D eigenvalue weighted by molar-refractivity contribution is 6.31. The minimum Gasteiger partial charge on any atom is -0.0900 e. The summed E-state index contributed by atoms with van der Waals surface area (Å²) in [5.41, 5.74) is 0.889. The first-order valence-electron chi connectivity index (χ1n) is 3.77. The van der Waals surface area contributed by atoms with Gasteiger partial charge in [0.2, 0.25) is 0 Å². The summed E-state index contributed by atoms with van der Waals surface area (Å²) in [5, 5.41) is 0.714. The van der Waals surface area contributed by atoms with E-state index < -0.39 is 0 Å². The van der Waals surface area contributed by atoms with Crippen LogP contribution in [-0.2, 0) is 0 Å². The van der Waals surface area contributed by atoms with Gasteiger partial charge >= 0.3 is 0 Å². The molecule has 1 heteroatoms. The van der Waals surface area contributed by atoms with Gasteiger partial charge in [0, 0.05) is 11.5 Å². The Kier molecular flexibility index (Phi) is 3.19. The third-order valence-electron chi connectivity index (χ3n) is 1.32. The molecular weight excluding hydrogens is 168 g/mol. The van der Waals surface area contributed by atoms with Gasteiger partial charge in [0.15, 0.2) is 0 Å². The smallest absolute Gasteiger partial charge is 0.0562 e. The van der Waals surface area contributed by atoms with Gasteiger partial charge in [-0.3, -0.25) is 0 Å². The topological polar surface area (TPSA) is 0 Å². The van der Waals surface area contributed by atoms with Crippen molar-refractivity contribution in [3.63, 3.8) is 0 Å². The van der Waals surface area contributed by atoms with Crippen LogP contribution in [0.4, 0.5) is 0 Å². The number of rotatable bonds is 0. The Balaban J connectivity index is 2.92. The number of benzene rings is 1. The van der Waals surface area contributed by atoms with Gasteiger partial charge in [-0.15, -0.1) is 0 Å². The van der Waals surface area contributed by atoms with Gasteiger partial charge in [0.1, 0.15) is 0 Å². The fourth-order valence-electron chi connectivity index (χ4n) is 0.755. The Morgan fingerprint density at radius 1 is 1.25 bits per heavy atom. The Hall–Kier alpha value is -0.930. The van der Waals surface area contributed by atoms with Crippen LogP contribution in [0.1, 0.15) is 19.4 Å². The molecule has 0 aromatic heterocycles.